The minimum atomic E-state index is -3.53. The molecule has 1 aliphatic rings. The van der Waals surface area contributed by atoms with Crippen LogP contribution in [0.1, 0.15) is 24.0 Å². The van der Waals surface area contributed by atoms with Gasteiger partial charge in [-0.25, -0.2) is 13.8 Å². The van der Waals surface area contributed by atoms with E-state index in [1.807, 2.05) is 49.4 Å². The number of aryl methyl sites for hydroxylation is 1. The summed E-state index contributed by atoms with van der Waals surface area (Å²) in [5.74, 6) is -0.432. The largest absolute Gasteiger partial charge is 0.273 e. The molecule has 0 aromatic heterocycles. The maximum atomic E-state index is 12.8. The van der Waals surface area contributed by atoms with E-state index >= 15 is 0 Å². The van der Waals surface area contributed by atoms with Crippen LogP contribution in [0.15, 0.2) is 76.7 Å². The van der Waals surface area contributed by atoms with Gasteiger partial charge < -0.3 is 0 Å². The lowest BCUT2D eigenvalue weighted by atomic mass is 9.98. The highest BCUT2D eigenvalue weighted by atomic mass is 32.2. The fourth-order valence-corrected chi connectivity index (χ4v) is 5.31. The summed E-state index contributed by atoms with van der Waals surface area (Å²) in [6.45, 7) is 2.56. The number of hydrogen-bond donors (Lipinski definition) is 1. The van der Waals surface area contributed by atoms with Crippen molar-refractivity contribution in [1.29, 1.82) is 0 Å². The average Bonchev–Trinajstić information content (AvgIpc) is 2.79. The predicted octanol–water partition coefficient (Wildman–Crippen LogP) is 3.70. The van der Waals surface area contributed by atoms with Crippen LogP contribution in [0.3, 0.4) is 0 Å². The number of hydrogen-bond acceptors (Lipinski definition) is 4. The van der Waals surface area contributed by atoms with Gasteiger partial charge in [0, 0.05) is 24.6 Å². The molecule has 0 spiro atoms. The van der Waals surface area contributed by atoms with Gasteiger partial charge in [0.1, 0.15) is 0 Å². The first-order valence-electron chi connectivity index (χ1n) is 10.3. The smallest absolute Gasteiger partial charge is 0.243 e. The predicted molar refractivity (Wildman–Crippen MR) is 122 cm³/mol. The van der Waals surface area contributed by atoms with Gasteiger partial charge >= 0.3 is 0 Å². The van der Waals surface area contributed by atoms with Crippen LogP contribution in [0.2, 0.25) is 0 Å². The number of fused-ring (bicyclic) bond motifs is 1. The molecule has 1 heterocycles. The topological polar surface area (TPSA) is 78.8 Å². The van der Waals surface area contributed by atoms with E-state index in [9.17, 15) is 13.2 Å². The number of amides is 1. The summed E-state index contributed by atoms with van der Waals surface area (Å²) < 4.78 is 27.1. The second-order valence-corrected chi connectivity index (χ2v) is 9.73. The molecule has 1 amide bonds. The Labute approximate surface area is 182 Å². The van der Waals surface area contributed by atoms with E-state index in [1.54, 1.807) is 30.5 Å². The molecule has 0 saturated carbocycles. The lowest BCUT2D eigenvalue weighted by molar-refractivity contribution is -0.126. The monoisotopic (exact) mass is 435 g/mol. The van der Waals surface area contributed by atoms with Gasteiger partial charge in [-0.05, 0) is 42.7 Å². The van der Waals surface area contributed by atoms with Crippen molar-refractivity contribution in [2.45, 2.75) is 24.7 Å². The van der Waals surface area contributed by atoms with Gasteiger partial charge in [0.05, 0.1) is 11.1 Å². The number of carbonyl (C=O) groups is 1. The number of carbonyl (C=O) groups excluding carboxylic acids is 1. The third kappa shape index (κ3) is 4.68. The van der Waals surface area contributed by atoms with Gasteiger partial charge in [-0.1, -0.05) is 60.2 Å². The van der Waals surface area contributed by atoms with Crippen molar-refractivity contribution >= 4 is 32.9 Å². The first-order chi connectivity index (χ1) is 14.9. The maximum Gasteiger partial charge on any atom is 0.243 e. The quantitative estimate of drug-likeness (QED) is 0.490. The average molecular weight is 436 g/mol. The van der Waals surface area contributed by atoms with Gasteiger partial charge in [0.15, 0.2) is 0 Å². The molecule has 1 aliphatic heterocycles. The summed E-state index contributed by atoms with van der Waals surface area (Å²) in [4.78, 5) is 12.8. The van der Waals surface area contributed by atoms with E-state index in [4.69, 9.17) is 0 Å². The lowest BCUT2D eigenvalue weighted by Gasteiger charge is -2.30. The van der Waals surface area contributed by atoms with Crippen molar-refractivity contribution < 1.29 is 13.2 Å². The van der Waals surface area contributed by atoms with Gasteiger partial charge in [0.25, 0.3) is 0 Å². The zero-order valence-corrected chi connectivity index (χ0v) is 18.2. The molecule has 0 bridgehead atoms. The summed E-state index contributed by atoms with van der Waals surface area (Å²) in [6.07, 6.45) is 2.60. The number of rotatable bonds is 5. The van der Waals surface area contributed by atoms with Gasteiger partial charge in [-0.15, -0.1) is 0 Å². The van der Waals surface area contributed by atoms with Gasteiger partial charge in [-0.2, -0.15) is 9.41 Å². The molecule has 0 atom stereocenters. The van der Waals surface area contributed by atoms with Gasteiger partial charge in [-0.3, -0.25) is 4.79 Å². The highest BCUT2D eigenvalue weighted by Gasteiger charge is 2.32. The van der Waals surface area contributed by atoms with Crippen LogP contribution in [0.25, 0.3) is 10.8 Å². The van der Waals surface area contributed by atoms with E-state index in [0.29, 0.717) is 30.8 Å². The Hall–Kier alpha value is -3.03. The Morgan fingerprint density at radius 3 is 2.42 bits per heavy atom. The molecule has 3 aromatic rings. The van der Waals surface area contributed by atoms with Crippen LogP contribution in [-0.2, 0) is 14.8 Å². The molecule has 0 radical (unpaired) electrons. The summed E-state index contributed by atoms with van der Waals surface area (Å²) >= 11 is 0. The first-order valence-corrected chi connectivity index (χ1v) is 11.8. The molecule has 4 rings (SSSR count). The van der Waals surface area contributed by atoms with E-state index in [2.05, 4.69) is 10.5 Å². The molecule has 3 aromatic carbocycles. The number of hydrazone groups is 1. The maximum absolute atomic E-state index is 12.8. The van der Waals surface area contributed by atoms with E-state index < -0.39 is 10.0 Å². The zero-order chi connectivity index (χ0) is 21.8. The SMILES string of the molecule is Cc1ccc(S(=O)(=O)N2CCC(C(=O)N/N=C/c3cccc4ccccc34)CC2)cc1. The third-order valence-corrected chi connectivity index (χ3v) is 7.60. The highest BCUT2D eigenvalue weighted by Crippen LogP contribution is 2.24. The molecule has 160 valence electrons. The number of nitrogens with one attached hydrogen (secondary N) is 1. The molecule has 7 heteroatoms. The fraction of sp³-hybridized carbons (Fsp3) is 0.250. The number of sulfonamides is 1. The molecular formula is C24H25N3O3S. The Morgan fingerprint density at radius 1 is 1.00 bits per heavy atom. The number of piperidine rings is 1. The molecule has 6 nitrogen and oxygen atoms in total. The van der Waals surface area contributed by atoms with Crippen molar-refractivity contribution in [2.75, 3.05) is 13.1 Å². The second kappa shape index (κ2) is 8.99. The molecule has 0 unspecified atom stereocenters. The summed E-state index contributed by atoms with van der Waals surface area (Å²) in [5, 5.41) is 6.31. The molecule has 31 heavy (non-hydrogen) atoms. The number of benzene rings is 3. The third-order valence-electron chi connectivity index (χ3n) is 5.69. The highest BCUT2D eigenvalue weighted by molar-refractivity contribution is 7.89. The Morgan fingerprint density at radius 2 is 1.68 bits per heavy atom. The van der Waals surface area contributed by atoms with Crippen LogP contribution in [0.5, 0.6) is 0 Å². The summed E-state index contributed by atoms with van der Waals surface area (Å²) in [6, 6.07) is 20.8. The minimum absolute atomic E-state index is 0.177. The standard InChI is InChI=1S/C24H25N3O3S/c1-18-9-11-22(12-10-18)31(29,30)27-15-13-20(14-16-27)24(28)26-25-17-21-7-4-6-19-5-2-3-8-23(19)21/h2-12,17,20H,13-16H2,1H3,(H,26,28)/b25-17+. The van der Waals surface area contributed by atoms with E-state index in [0.717, 1.165) is 21.9 Å². The van der Waals surface area contributed by atoms with Crippen LogP contribution >= 0.6 is 0 Å². The van der Waals surface area contributed by atoms with Crippen LogP contribution in [-0.4, -0.2) is 37.9 Å². The Kier molecular flexibility index (Phi) is 6.15. The Balaban J connectivity index is 1.35. The normalized spacial score (nSPS) is 16.0. The van der Waals surface area contributed by atoms with Crippen molar-refractivity contribution in [1.82, 2.24) is 9.73 Å². The molecule has 1 fully saturated rings. The molecule has 1 saturated heterocycles. The van der Waals surface area contributed by atoms with E-state index in [1.165, 1.54) is 4.31 Å². The van der Waals surface area contributed by atoms with Crippen LogP contribution in [0.4, 0.5) is 0 Å². The van der Waals surface area contributed by atoms with Crippen LogP contribution < -0.4 is 5.43 Å². The fourth-order valence-electron chi connectivity index (χ4n) is 3.84. The molecule has 1 N–H and O–H groups in total. The molecule has 0 aliphatic carbocycles. The van der Waals surface area contributed by atoms with E-state index in [-0.39, 0.29) is 11.8 Å². The van der Waals surface area contributed by atoms with Crippen molar-refractivity contribution in [2.24, 2.45) is 11.0 Å². The number of nitrogens with zero attached hydrogens (tertiary/aromatic N) is 2. The molecular weight excluding hydrogens is 410 g/mol. The lowest BCUT2D eigenvalue weighted by Crippen LogP contribution is -2.42. The van der Waals surface area contributed by atoms with Gasteiger partial charge in [0.2, 0.25) is 15.9 Å². The van der Waals surface area contributed by atoms with Crippen LogP contribution in [0, 0.1) is 12.8 Å². The Bertz CT molecular complexity index is 1210. The van der Waals surface area contributed by atoms with Crippen molar-refractivity contribution in [3.05, 3.63) is 77.9 Å². The summed E-state index contributed by atoms with van der Waals surface area (Å²) in [5.41, 5.74) is 4.56. The minimum Gasteiger partial charge on any atom is -0.273 e. The first kappa shape index (κ1) is 21.2. The zero-order valence-electron chi connectivity index (χ0n) is 17.4. The van der Waals surface area contributed by atoms with Crippen molar-refractivity contribution in [3.8, 4) is 0 Å². The second-order valence-electron chi connectivity index (χ2n) is 7.79. The summed E-state index contributed by atoms with van der Waals surface area (Å²) in [7, 11) is -3.53. The van der Waals surface area contributed by atoms with Crippen molar-refractivity contribution in [3.63, 3.8) is 0 Å².